The quantitative estimate of drug-likeness (QED) is 0.622. The van der Waals surface area contributed by atoms with E-state index in [0.29, 0.717) is 6.10 Å². The fraction of sp³-hybridized carbons (Fsp3) is 0.600. The van der Waals surface area contributed by atoms with Crippen molar-refractivity contribution >= 4 is 5.69 Å². The number of nitrogens with two attached hydrogens (primary N) is 1. The predicted molar refractivity (Wildman–Crippen MR) is 73.9 cm³/mol. The van der Waals surface area contributed by atoms with E-state index in [2.05, 4.69) is 13.0 Å². The molecule has 1 saturated heterocycles. The van der Waals surface area contributed by atoms with Gasteiger partial charge in [0.05, 0.1) is 18.4 Å². The highest BCUT2D eigenvalue weighted by Gasteiger charge is 2.14. The maximum Gasteiger partial charge on any atom is 0.142 e. The molecule has 0 spiro atoms. The maximum atomic E-state index is 5.95. The van der Waals surface area contributed by atoms with Gasteiger partial charge in [0.15, 0.2) is 0 Å². The molecule has 0 aliphatic carbocycles. The number of rotatable bonds is 6. The van der Waals surface area contributed by atoms with Gasteiger partial charge in [0.1, 0.15) is 5.75 Å². The van der Waals surface area contributed by atoms with Gasteiger partial charge in [-0.2, -0.15) is 0 Å². The molecular formula is C15H23NO2. The summed E-state index contributed by atoms with van der Waals surface area (Å²) in [5.74, 6) is 0.805. The highest BCUT2D eigenvalue weighted by atomic mass is 16.5. The molecule has 1 atom stereocenters. The van der Waals surface area contributed by atoms with E-state index in [-0.39, 0.29) is 0 Å². The van der Waals surface area contributed by atoms with Crippen molar-refractivity contribution in [2.24, 2.45) is 0 Å². The number of hydrogen-bond acceptors (Lipinski definition) is 3. The molecule has 1 aliphatic rings. The summed E-state index contributed by atoms with van der Waals surface area (Å²) in [5.41, 5.74) is 7.94. The second kappa shape index (κ2) is 6.64. The van der Waals surface area contributed by atoms with Crippen LogP contribution in [-0.2, 0) is 11.2 Å². The second-order valence-corrected chi connectivity index (χ2v) is 4.85. The van der Waals surface area contributed by atoms with Crippen LogP contribution in [0.15, 0.2) is 18.2 Å². The van der Waals surface area contributed by atoms with Crippen molar-refractivity contribution in [3.63, 3.8) is 0 Å². The van der Waals surface area contributed by atoms with E-state index in [1.165, 1.54) is 18.4 Å². The SMILES string of the molecule is CCc1ccc(OCCCC2CCCO2)c(N)c1. The van der Waals surface area contributed by atoms with Crippen molar-refractivity contribution < 1.29 is 9.47 Å². The molecule has 1 unspecified atom stereocenters. The molecule has 1 aliphatic heterocycles. The first-order chi connectivity index (χ1) is 8.79. The van der Waals surface area contributed by atoms with Gasteiger partial charge in [-0.05, 0) is 49.8 Å². The Morgan fingerprint density at radius 2 is 2.33 bits per heavy atom. The van der Waals surface area contributed by atoms with Crippen molar-refractivity contribution in [3.05, 3.63) is 23.8 Å². The summed E-state index contributed by atoms with van der Waals surface area (Å²) in [6.45, 7) is 3.77. The average molecular weight is 249 g/mol. The number of nitrogen functional groups attached to an aromatic ring is 1. The van der Waals surface area contributed by atoms with Gasteiger partial charge in [-0.15, -0.1) is 0 Å². The number of anilines is 1. The lowest BCUT2D eigenvalue weighted by molar-refractivity contribution is 0.0982. The van der Waals surface area contributed by atoms with Crippen molar-refractivity contribution in [1.29, 1.82) is 0 Å². The zero-order valence-electron chi connectivity index (χ0n) is 11.2. The molecule has 1 fully saturated rings. The Kier molecular flexibility index (Phi) is 4.88. The topological polar surface area (TPSA) is 44.5 Å². The summed E-state index contributed by atoms with van der Waals surface area (Å²) in [6, 6.07) is 6.04. The number of hydrogen-bond donors (Lipinski definition) is 1. The molecule has 100 valence electrons. The Bertz CT molecular complexity index is 373. The molecule has 0 radical (unpaired) electrons. The minimum Gasteiger partial charge on any atom is -0.491 e. The molecule has 3 nitrogen and oxygen atoms in total. The van der Waals surface area contributed by atoms with Gasteiger partial charge >= 0.3 is 0 Å². The van der Waals surface area contributed by atoms with Crippen LogP contribution >= 0.6 is 0 Å². The maximum absolute atomic E-state index is 5.95. The van der Waals surface area contributed by atoms with Gasteiger partial charge < -0.3 is 15.2 Å². The van der Waals surface area contributed by atoms with E-state index >= 15 is 0 Å². The molecule has 2 N–H and O–H groups in total. The van der Waals surface area contributed by atoms with Crippen molar-refractivity contribution in [3.8, 4) is 5.75 Å². The van der Waals surface area contributed by atoms with Crippen LogP contribution in [0.25, 0.3) is 0 Å². The van der Waals surface area contributed by atoms with Gasteiger partial charge in [0.25, 0.3) is 0 Å². The Labute approximate surface area is 109 Å². The molecule has 3 heteroatoms. The average Bonchev–Trinajstić information content (AvgIpc) is 2.89. The van der Waals surface area contributed by atoms with Crippen LogP contribution in [0.5, 0.6) is 5.75 Å². The summed E-state index contributed by atoms with van der Waals surface area (Å²) >= 11 is 0. The van der Waals surface area contributed by atoms with Crippen LogP contribution in [0.3, 0.4) is 0 Å². The first-order valence-corrected chi connectivity index (χ1v) is 6.92. The first kappa shape index (κ1) is 13.2. The Morgan fingerprint density at radius 3 is 3.00 bits per heavy atom. The van der Waals surface area contributed by atoms with Gasteiger partial charge in [-0.3, -0.25) is 0 Å². The van der Waals surface area contributed by atoms with Gasteiger partial charge in [-0.1, -0.05) is 13.0 Å². The molecule has 0 aromatic heterocycles. The number of benzene rings is 1. The highest BCUT2D eigenvalue weighted by molar-refractivity contribution is 5.54. The molecular weight excluding hydrogens is 226 g/mol. The zero-order valence-corrected chi connectivity index (χ0v) is 11.2. The third-order valence-electron chi connectivity index (χ3n) is 3.43. The molecule has 1 heterocycles. The van der Waals surface area contributed by atoms with Crippen molar-refractivity contribution in [1.82, 2.24) is 0 Å². The summed E-state index contributed by atoms with van der Waals surface area (Å²) < 4.78 is 11.3. The largest absolute Gasteiger partial charge is 0.491 e. The highest BCUT2D eigenvalue weighted by Crippen LogP contribution is 2.23. The first-order valence-electron chi connectivity index (χ1n) is 6.92. The Morgan fingerprint density at radius 1 is 1.44 bits per heavy atom. The molecule has 0 amide bonds. The van der Waals surface area contributed by atoms with Crippen LogP contribution in [0.2, 0.25) is 0 Å². The predicted octanol–water partition coefficient (Wildman–Crippen LogP) is 3.17. The lowest BCUT2D eigenvalue weighted by atomic mass is 10.1. The summed E-state index contributed by atoms with van der Waals surface area (Å²) in [6.07, 6.45) is 5.98. The number of ether oxygens (including phenoxy) is 2. The van der Waals surface area contributed by atoms with Crippen LogP contribution in [0, 0.1) is 0 Å². The Balaban J connectivity index is 1.72. The van der Waals surface area contributed by atoms with Crippen molar-refractivity contribution in [2.45, 2.75) is 45.1 Å². The smallest absolute Gasteiger partial charge is 0.142 e. The minimum absolute atomic E-state index is 0.452. The molecule has 0 bridgehead atoms. The minimum atomic E-state index is 0.452. The standard InChI is InChI=1S/C15H23NO2/c1-2-12-7-8-15(14(16)11-12)18-10-4-6-13-5-3-9-17-13/h7-8,11,13H,2-6,9-10,16H2,1H3. The van der Waals surface area contributed by atoms with Crippen LogP contribution in [-0.4, -0.2) is 19.3 Å². The lowest BCUT2D eigenvalue weighted by Gasteiger charge is -2.12. The van der Waals surface area contributed by atoms with E-state index in [9.17, 15) is 0 Å². The third kappa shape index (κ3) is 3.64. The van der Waals surface area contributed by atoms with Gasteiger partial charge in [-0.25, -0.2) is 0 Å². The van der Waals surface area contributed by atoms with Gasteiger partial charge in [0, 0.05) is 6.61 Å². The van der Waals surface area contributed by atoms with Crippen LogP contribution < -0.4 is 10.5 Å². The normalized spacial score (nSPS) is 19.1. The summed E-state index contributed by atoms with van der Waals surface area (Å²) in [4.78, 5) is 0. The van der Waals surface area contributed by atoms with Crippen molar-refractivity contribution in [2.75, 3.05) is 18.9 Å². The lowest BCUT2D eigenvalue weighted by Crippen LogP contribution is -2.08. The second-order valence-electron chi connectivity index (χ2n) is 4.85. The number of aryl methyl sites for hydroxylation is 1. The van der Waals surface area contributed by atoms with Gasteiger partial charge in [0.2, 0.25) is 0 Å². The fourth-order valence-electron chi connectivity index (χ4n) is 2.31. The molecule has 18 heavy (non-hydrogen) atoms. The summed E-state index contributed by atoms with van der Waals surface area (Å²) in [7, 11) is 0. The van der Waals surface area contributed by atoms with E-state index in [1.54, 1.807) is 0 Å². The monoisotopic (exact) mass is 249 g/mol. The third-order valence-corrected chi connectivity index (χ3v) is 3.43. The summed E-state index contributed by atoms with van der Waals surface area (Å²) in [5, 5.41) is 0. The Hall–Kier alpha value is -1.22. The van der Waals surface area contributed by atoms with E-state index < -0.39 is 0 Å². The van der Waals surface area contributed by atoms with E-state index in [4.69, 9.17) is 15.2 Å². The molecule has 1 aromatic rings. The molecule has 2 rings (SSSR count). The van der Waals surface area contributed by atoms with Crippen LogP contribution in [0.4, 0.5) is 5.69 Å². The molecule has 0 saturated carbocycles. The van der Waals surface area contributed by atoms with Crippen LogP contribution in [0.1, 0.15) is 38.2 Å². The molecule has 1 aromatic carbocycles. The fourth-order valence-corrected chi connectivity index (χ4v) is 2.31. The zero-order chi connectivity index (χ0) is 12.8. The van der Waals surface area contributed by atoms with E-state index in [0.717, 1.165) is 43.9 Å². The van der Waals surface area contributed by atoms with E-state index in [1.807, 2.05) is 12.1 Å².